The first-order chi connectivity index (χ1) is 14.5. The number of aryl methyl sites for hydroxylation is 1. The monoisotopic (exact) mass is 422 g/mol. The first-order valence-corrected chi connectivity index (χ1v) is 10.4. The maximum atomic E-state index is 14.5. The summed E-state index contributed by atoms with van der Waals surface area (Å²) in [6.45, 7) is 10.3. The SMILES string of the molecule is C=CCN(CC=C)C(=O)CSc1nnc(-c2ccccc2F)n1-c1ccc(C)cc1. The highest BCUT2D eigenvalue weighted by molar-refractivity contribution is 7.99. The highest BCUT2D eigenvalue weighted by atomic mass is 32.2. The molecule has 1 heterocycles. The third kappa shape index (κ3) is 4.86. The maximum Gasteiger partial charge on any atom is 0.233 e. The highest BCUT2D eigenvalue weighted by Crippen LogP contribution is 2.29. The van der Waals surface area contributed by atoms with E-state index in [1.165, 1.54) is 17.8 Å². The van der Waals surface area contributed by atoms with Gasteiger partial charge in [-0.15, -0.1) is 23.4 Å². The van der Waals surface area contributed by atoms with Gasteiger partial charge in [-0.25, -0.2) is 4.39 Å². The number of halogens is 1. The number of thioether (sulfide) groups is 1. The normalized spacial score (nSPS) is 10.6. The van der Waals surface area contributed by atoms with Crippen molar-refractivity contribution in [3.63, 3.8) is 0 Å². The van der Waals surface area contributed by atoms with Crippen LogP contribution in [0.1, 0.15) is 5.56 Å². The van der Waals surface area contributed by atoms with Gasteiger partial charge in [0.15, 0.2) is 11.0 Å². The Labute approximate surface area is 179 Å². The Bertz CT molecular complexity index is 1040. The van der Waals surface area contributed by atoms with Crippen LogP contribution in [-0.4, -0.2) is 44.4 Å². The van der Waals surface area contributed by atoms with Gasteiger partial charge >= 0.3 is 0 Å². The van der Waals surface area contributed by atoms with E-state index < -0.39 is 0 Å². The van der Waals surface area contributed by atoms with Crippen LogP contribution in [-0.2, 0) is 4.79 Å². The second-order valence-corrected chi connectivity index (χ2v) is 7.56. The van der Waals surface area contributed by atoms with Crippen molar-refractivity contribution in [2.75, 3.05) is 18.8 Å². The van der Waals surface area contributed by atoms with Gasteiger partial charge in [-0.3, -0.25) is 9.36 Å². The van der Waals surface area contributed by atoms with Gasteiger partial charge in [0.05, 0.1) is 11.3 Å². The molecule has 2 aromatic carbocycles. The zero-order valence-electron chi connectivity index (χ0n) is 16.8. The van der Waals surface area contributed by atoms with E-state index in [0.29, 0.717) is 29.6 Å². The van der Waals surface area contributed by atoms with Crippen molar-refractivity contribution in [3.05, 3.63) is 85.2 Å². The maximum absolute atomic E-state index is 14.5. The van der Waals surface area contributed by atoms with Gasteiger partial charge in [-0.1, -0.05) is 53.7 Å². The summed E-state index contributed by atoms with van der Waals surface area (Å²) in [6.07, 6.45) is 3.36. The lowest BCUT2D eigenvalue weighted by atomic mass is 10.2. The predicted molar refractivity (Wildman–Crippen MR) is 119 cm³/mol. The number of rotatable bonds is 9. The molecule has 0 bridgehead atoms. The number of carbonyl (C=O) groups is 1. The fourth-order valence-corrected chi connectivity index (χ4v) is 3.77. The summed E-state index contributed by atoms with van der Waals surface area (Å²) in [5, 5.41) is 9.01. The Kier molecular flexibility index (Phi) is 7.19. The number of aromatic nitrogens is 3. The van der Waals surface area contributed by atoms with Crippen LogP contribution in [0.15, 0.2) is 79.0 Å². The van der Waals surface area contributed by atoms with Crippen LogP contribution in [0.5, 0.6) is 0 Å². The van der Waals surface area contributed by atoms with Crippen molar-refractivity contribution in [2.45, 2.75) is 12.1 Å². The second-order valence-electron chi connectivity index (χ2n) is 6.62. The molecule has 1 amide bonds. The van der Waals surface area contributed by atoms with Gasteiger partial charge in [0.2, 0.25) is 5.91 Å². The van der Waals surface area contributed by atoms with Crippen molar-refractivity contribution >= 4 is 17.7 Å². The van der Waals surface area contributed by atoms with Gasteiger partial charge in [0, 0.05) is 18.8 Å². The average molecular weight is 423 g/mol. The van der Waals surface area contributed by atoms with Crippen LogP contribution in [0.4, 0.5) is 4.39 Å². The quantitative estimate of drug-likeness (QED) is 0.371. The van der Waals surface area contributed by atoms with Crippen LogP contribution in [0, 0.1) is 12.7 Å². The van der Waals surface area contributed by atoms with Crippen molar-refractivity contribution in [1.82, 2.24) is 19.7 Å². The molecular weight excluding hydrogens is 399 g/mol. The lowest BCUT2D eigenvalue weighted by Crippen LogP contribution is -2.32. The van der Waals surface area contributed by atoms with Crippen molar-refractivity contribution < 1.29 is 9.18 Å². The number of carbonyl (C=O) groups excluding carboxylic acids is 1. The summed E-state index contributed by atoms with van der Waals surface area (Å²) in [5.41, 5.74) is 2.25. The van der Waals surface area contributed by atoms with E-state index >= 15 is 0 Å². The largest absolute Gasteiger partial charge is 0.335 e. The predicted octanol–water partition coefficient (Wildman–Crippen LogP) is 4.67. The summed E-state index contributed by atoms with van der Waals surface area (Å²) in [7, 11) is 0. The molecule has 0 aliphatic heterocycles. The van der Waals surface area contributed by atoms with Crippen molar-refractivity contribution in [3.8, 4) is 17.1 Å². The van der Waals surface area contributed by atoms with Crippen molar-refractivity contribution in [1.29, 1.82) is 0 Å². The molecule has 0 radical (unpaired) electrons. The topological polar surface area (TPSA) is 51.0 Å². The highest BCUT2D eigenvalue weighted by Gasteiger charge is 2.20. The molecule has 1 aromatic heterocycles. The van der Waals surface area contributed by atoms with Gasteiger partial charge < -0.3 is 4.90 Å². The van der Waals surface area contributed by atoms with Gasteiger partial charge in [-0.2, -0.15) is 0 Å². The molecule has 3 aromatic rings. The lowest BCUT2D eigenvalue weighted by molar-refractivity contribution is -0.127. The van der Waals surface area contributed by atoms with Gasteiger partial charge in [-0.05, 0) is 31.2 Å². The first kappa shape index (κ1) is 21.5. The third-order valence-electron chi connectivity index (χ3n) is 4.42. The molecular formula is C23H23FN4OS. The molecule has 0 spiro atoms. The van der Waals surface area contributed by atoms with Gasteiger partial charge in [0.1, 0.15) is 5.82 Å². The first-order valence-electron chi connectivity index (χ1n) is 9.45. The summed E-state index contributed by atoms with van der Waals surface area (Å²) >= 11 is 1.26. The third-order valence-corrected chi connectivity index (χ3v) is 5.33. The number of benzene rings is 2. The summed E-state index contributed by atoms with van der Waals surface area (Å²) in [5.74, 6) is 0.115. The van der Waals surface area contributed by atoms with Crippen LogP contribution >= 0.6 is 11.8 Å². The minimum absolute atomic E-state index is 0.0642. The number of amides is 1. The average Bonchev–Trinajstić information content (AvgIpc) is 3.16. The zero-order valence-corrected chi connectivity index (χ0v) is 17.6. The summed E-state index contributed by atoms with van der Waals surface area (Å²) < 4.78 is 16.2. The van der Waals surface area contributed by atoms with E-state index in [4.69, 9.17) is 0 Å². The summed E-state index contributed by atoms with van der Waals surface area (Å²) in [6, 6.07) is 14.2. The number of hydrogen-bond donors (Lipinski definition) is 0. The van der Waals surface area contributed by atoms with E-state index in [-0.39, 0.29) is 17.5 Å². The van der Waals surface area contributed by atoms with Crippen LogP contribution < -0.4 is 0 Å². The molecule has 30 heavy (non-hydrogen) atoms. The molecule has 0 saturated carbocycles. The number of nitrogens with zero attached hydrogens (tertiary/aromatic N) is 4. The minimum atomic E-state index is -0.381. The lowest BCUT2D eigenvalue weighted by Gasteiger charge is -2.19. The van der Waals surface area contributed by atoms with E-state index in [2.05, 4.69) is 23.4 Å². The molecule has 0 N–H and O–H groups in total. The molecule has 0 aliphatic carbocycles. The zero-order chi connectivity index (χ0) is 21.5. The molecule has 154 valence electrons. The van der Waals surface area contributed by atoms with Gasteiger partial charge in [0.25, 0.3) is 0 Å². The van der Waals surface area contributed by atoms with Crippen LogP contribution in [0.25, 0.3) is 17.1 Å². The van der Waals surface area contributed by atoms with E-state index in [1.807, 2.05) is 31.2 Å². The van der Waals surface area contributed by atoms with E-state index in [9.17, 15) is 9.18 Å². The fraction of sp³-hybridized carbons (Fsp3) is 0.174. The Morgan fingerprint density at radius 2 is 1.77 bits per heavy atom. The summed E-state index contributed by atoms with van der Waals surface area (Å²) in [4.78, 5) is 14.3. The van der Waals surface area contributed by atoms with Crippen LogP contribution in [0.3, 0.4) is 0 Å². The molecule has 0 unspecified atom stereocenters. The molecule has 0 aliphatic rings. The second kappa shape index (κ2) is 10.0. The molecule has 0 saturated heterocycles. The Morgan fingerprint density at radius 3 is 2.40 bits per heavy atom. The van der Waals surface area contributed by atoms with Crippen molar-refractivity contribution in [2.24, 2.45) is 0 Å². The molecule has 5 nitrogen and oxygen atoms in total. The Morgan fingerprint density at radius 1 is 1.10 bits per heavy atom. The Hall–Kier alpha value is -3.19. The number of hydrogen-bond acceptors (Lipinski definition) is 4. The molecule has 7 heteroatoms. The molecule has 3 rings (SSSR count). The minimum Gasteiger partial charge on any atom is -0.335 e. The Balaban J connectivity index is 1.96. The smallest absolute Gasteiger partial charge is 0.233 e. The van der Waals surface area contributed by atoms with Crippen LogP contribution in [0.2, 0.25) is 0 Å². The van der Waals surface area contributed by atoms with E-state index in [1.54, 1.807) is 39.8 Å². The standard InChI is InChI=1S/C23H23FN4OS/c1-4-14-27(15-5-2)21(29)16-30-23-26-25-22(19-8-6-7-9-20(19)24)28(23)18-12-10-17(3)11-13-18/h4-13H,1-2,14-16H2,3H3. The fourth-order valence-electron chi connectivity index (χ4n) is 2.91. The molecule has 0 atom stereocenters. The molecule has 0 fully saturated rings. The van der Waals surface area contributed by atoms with E-state index in [0.717, 1.165) is 11.3 Å².